The van der Waals surface area contributed by atoms with Crippen LogP contribution in [-0.4, -0.2) is 31.3 Å². The Morgan fingerprint density at radius 3 is 2.45 bits per heavy atom. The van der Waals surface area contributed by atoms with Gasteiger partial charge in [-0.1, -0.05) is 13.8 Å². The van der Waals surface area contributed by atoms with Gasteiger partial charge in [-0.2, -0.15) is 5.10 Å². The number of hydrogen-bond donors (Lipinski definition) is 1. The molecule has 0 aliphatic heterocycles. The summed E-state index contributed by atoms with van der Waals surface area (Å²) in [5.41, 5.74) is 5.46. The Kier molecular flexibility index (Phi) is 4.26. The Hall–Kier alpha value is -1.06. The molecule has 0 rings (SSSR count). The smallest absolute Gasteiger partial charge is 0.211 e. The molecule has 2 N–H and O–H groups in total. The molecule has 0 bridgehead atoms. The van der Waals surface area contributed by atoms with Crippen LogP contribution in [-0.2, 0) is 0 Å². The number of hydrazone groups is 1. The molecule has 11 heavy (non-hydrogen) atoms. The second kappa shape index (κ2) is 4.71. The second-order valence-electron chi connectivity index (χ2n) is 2.61. The van der Waals surface area contributed by atoms with Crippen molar-refractivity contribution in [2.24, 2.45) is 21.7 Å². The van der Waals surface area contributed by atoms with Crippen molar-refractivity contribution < 1.29 is 0 Å². The number of guanidine groups is 1. The van der Waals surface area contributed by atoms with Crippen molar-refractivity contribution in [2.75, 3.05) is 14.1 Å². The number of rotatable bonds is 2. The van der Waals surface area contributed by atoms with Crippen LogP contribution >= 0.6 is 0 Å². The fourth-order valence-corrected chi connectivity index (χ4v) is 0.437. The normalized spacial score (nSPS) is 13.0. The number of aliphatic imine (C=N–C) groups is 1. The maximum atomic E-state index is 5.46. The number of nitrogens with zero attached hydrogens (tertiary/aromatic N) is 3. The van der Waals surface area contributed by atoms with Gasteiger partial charge in [0.15, 0.2) is 0 Å². The van der Waals surface area contributed by atoms with Gasteiger partial charge < -0.3 is 5.73 Å². The molecular weight excluding hydrogens is 140 g/mol. The summed E-state index contributed by atoms with van der Waals surface area (Å²) in [5, 5.41) is 5.59. The Morgan fingerprint density at radius 1 is 1.55 bits per heavy atom. The number of hydrogen-bond acceptors (Lipinski definition) is 2. The van der Waals surface area contributed by atoms with Gasteiger partial charge in [-0.05, 0) is 5.92 Å². The van der Waals surface area contributed by atoms with E-state index in [1.165, 1.54) is 0 Å². The first kappa shape index (κ1) is 9.94. The summed E-state index contributed by atoms with van der Waals surface area (Å²) in [5.74, 6) is 0.851. The molecule has 0 aromatic heterocycles. The van der Waals surface area contributed by atoms with E-state index in [0.717, 1.165) is 0 Å². The average Bonchev–Trinajstić information content (AvgIpc) is 1.98. The molecule has 0 aromatic rings. The lowest BCUT2D eigenvalue weighted by Crippen LogP contribution is -2.29. The summed E-state index contributed by atoms with van der Waals surface area (Å²) in [6, 6.07) is 0. The highest BCUT2D eigenvalue weighted by Crippen LogP contribution is 1.88. The van der Waals surface area contributed by atoms with E-state index in [-0.39, 0.29) is 0 Å². The molecular formula is C7H16N4. The van der Waals surface area contributed by atoms with Crippen LogP contribution in [0.5, 0.6) is 0 Å². The highest BCUT2D eigenvalue weighted by Gasteiger charge is 1.95. The highest BCUT2D eigenvalue weighted by molar-refractivity contribution is 5.78. The Balaban J connectivity index is 3.96. The molecule has 4 heteroatoms. The van der Waals surface area contributed by atoms with E-state index in [0.29, 0.717) is 11.9 Å². The van der Waals surface area contributed by atoms with Crippen molar-refractivity contribution in [3.8, 4) is 0 Å². The fraction of sp³-hybridized carbons (Fsp3) is 0.714. The van der Waals surface area contributed by atoms with E-state index in [1.54, 1.807) is 19.1 Å². The van der Waals surface area contributed by atoms with Crippen molar-refractivity contribution in [1.29, 1.82) is 0 Å². The SMILES string of the molecule is CN=C(N)N(C)/N=C/C(C)C. The van der Waals surface area contributed by atoms with Gasteiger partial charge in [0.2, 0.25) is 5.96 Å². The third-order valence-electron chi connectivity index (χ3n) is 1.10. The molecule has 0 spiro atoms. The maximum Gasteiger partial charge on any atom is 0.211 e. The minimum atomic E-state index is 0.418. The highest BCUT2D eigenvalue weighted by atomic mass is 15.5. The lowest BCUT2D eigenvalue weighted by molar-refractivity contribution is 0.534. The minimum absolute atomic E-state index is 0.418. The van der Waals surface area contributed by atoms with Gasteiger partial charge in [0.25, 0.3) is 0 Å². The summed E-state index contributed by atoms with van der Waals surface area (Å²) < 4.78 is 0. The largest absolute Gasteiger partial charge is 0.368 e. The maximum absolute atomic E-state index is 5.46. The average molecular weight is 156 g/mol. The van der Waals surface area contributed by atoms with Crippen molar-refractivity contribution in [3.05, 3.63) is 0 Å². The first-order valence-electron chi connectivity index (χ1n) is 3.58. The fourth-order valence-electron chi connectivity index (χ4n) is 0.437. The van der Waals surface area contributed by atoms with Crippen molar-refractivity contribution >= 4 is 12.2 Å². The first-order valence-corrected chi connectivity index (χ1v) is 3.58. The number of nitrogens with two attached hydrogens (primary N) is 1. The van der Waals surface area contributed by atoms with Crippen LogP contribution in [0.2, 0.25) is 0 Å². The van der Waals surface area contributed by atoms with Crippen molar-refractivity contribution in [3.63, 3.8) is 0 Å². The Labute approximate surface area is 67.8 Å². The zero-order chi connectivity index (χ0) is 8.85. The molecule has 0 radical (unpaired) electrons. The summed E-state index contributed by atoms with van der Waals surface area (Å²) >= 11 is 0. The predicted octanol–water partition coefficient (Wildman–Crippen LogP) is 0.504. The zero-order valence-corrected chi connectivity index (χ0v) is 7.57. The lowest BCUT2D eigenvalue weighted by atomic mass is 10.3. The summed E-state index contributed by atoms with van der Waals surface area (Å²) in [7, 11) is 3.40. The molecule has 0 aliphatic rings. The lowest BCUT2D eigenvalue weighted by Gasteiger charge is -2.10. The molecule has 0 aliphatic carbocycles. The van der Waals surface area contributed by atoms with Crippen LogP contribution in [0.3, 0.4) is 0 Å². The van der Waals surface area contributed by atoms with Crippen LogP contribution in [0, 0.1) is 5.92 Å². The Morgan fingerprint density at radius 2 is 2.09 bits per heavy atom. The van der Waals surface area contributed by atoms with E-state index in [1.807, 2.05) is 6.21 Å². The third-order valence-corrected chi connectivity index (χ3v) is 1.10. The van der Waals surface area contributed by atoms with Crippen molar-refractivity contribution in [2.45, 2.75) is 13.8 Å². The quantitative estimate of drug-likeness (QED) is 0.359. The van der Waals surface area contributed by atoms with Crippen molar-refractivity contribution in [1.82, 2.24) is 5.01 Å². The zero-order valence-electron chi connectivity index (χ0n) is 7.57. The van der Waals surface area contributed by atoms with Crippen LogP contribution < -0.4 is 5.73 Å². The predicted molar refractivity (Wildman–Crippen MR) is 48.6 cm³/mol. The van der Waals surface area contributed by atoms with E-state index >= 15 is 0 Å². The Bertz CT molecular complexity index is 160. The van der Waals surface area contributed by atoms with E-state index < -0.39 is 0 Å². The van der Waals surface area contributed by atoms with Gasteiger partial charge in [-0.25, -0.2) is 5.01 Å². The molecule has 64 valence electrons. The van der Waals surface area contributed by atoms with E-state index in [4.69, 9.17) is 5.73 Å². The molecule has 0 aromatic carbocycles. The molecule has 0 fully saturated rings. The molecule has 0 atom stereocenters. The monoisotopic (exact) mass is 156 g/mol. The van der Waals surface area contributed by atoms with E-state index in [2.05, 4.69) is 23.9 Å². The van der Waals surface area contributed by atoms with Crippen LogP contribution in [0.15, 0.2) is 10.1 Å². The van der Waals surface area contributed by atoms with Crippen LogP contribution in [0.4, 0.5) is 0 Å². The summed E-state index contributed by atoms with van der Waals surface area (Å²) in [6.45, 7) is 4.10. The molecule has 0 saturated carbocycles. The van der Waals surface area contributed by atoms with Crippen LogP contribution in [0.1, 0.15) is 13.8 Å². The van der Waals surface area contributed by atoms with Gasteiger partial charge in [0.1, 0.15) is 0 Å². The second-order valence-corrected chi connectivity index (χ2v) is 2.61. The van der Waals surface area contributed by atoms with E-state index in [9.17, 15) is 0 Å². The first-order chi connectivity index (χ1) is 5.07. The molecule has 0 heterocycles. The molecule has 0 amide bonds. The van der Waals surface area contributed by atoms with Gasteiger partial charge >= 0.3 is 0 Å². The van der Waals surface area contributed by atoms with Crippen LogP contribution in [0.25, 0.3) is 0 Å². The van der Waals surface area contributed by atoms with Gasteiger partial charge in [0.05, 0.1) is 0 Å². The third kappa shape index (κ3) is 4.36. The van der Waals surface area contributed by atoms with Gasteiger partial charge in [0, 0.05) is 20.3 Å². The summed E-state index contributed by atoms with van der Waals surface area (Å²) in [4.78, 5) is 3.77. The standard InChI is InChI=1S/C7H16N4/c1-6(2)5-10-11(4)7(8)9-3/h5-6H,1-4H3,(H2,8,9)/b10-5+. The van der Waals surface area contributed by atoms with Gasteiger partial charge in [-0.15, -0.1) is 0 Å². The molecule has 4 nitrogen and oxygen atoms in total. The summed E-state index contributed by atoms with van der Waals surface area (Å²) in [6.07, 6.45) is 1.82. The molecule has 0 saturated heterocycles. The molecule has 0 unspecified atom stereocenters. The minimum Gasteiger partial charge on any atom is -0.368 e. The van der Waals surface area contributed by atoms with Gasteiger partial charge in [-0.3, -0.25) is 4.99 Å². The topological polar surface area (TPSA) is 54.0 Å².